The van der Waals surface area contributed by atoms with Crippen LogP contribution in [0.5, 0.6) is 0 Å². The molecule has 92 valence electrons. The van der Waals surface area contributed by atoms with Gasteiger partial charge in [-0.2, -0.15) is 0 Å². The van der Waals surface area contributed by atoms with Gasteiger partial charge in [0.15, 0.2) is 0 Å². The van der Waals surface area contributed by atoms with Gasteiger partial charge in [0.1, 0.15) is 0 Å². The molecule has 0 aliphatic carbocycles. The Bertz CT molecular complexity index is 206. The van der Waals surface area contributed by atoms with Gasteiger partial charge >= 0.3 is 94.3 Å². The molecule has 0 fully saturated rings. The Labute approximate surface area is 94.6 Å². The molecule has 0 spiro atoms. The Morgan fingerprint density at radius 1 is 0.800 bits per heavy atom. The molecular weight excluding hydrogens is 263 g/mol. The van der Waals surface area contributed by atoms with Gasteiger partial charge in [0, 0.05) is 0 Å². The van der Waals surface area contributed by atoms with Crippen molar-refractivity contribution in [3.8, 4) is 0 Å². The quantitative estimate of drug-likeness (QED) is 0.457. The fourth-order valence-electron chi connectivity index (χ4n) is 1.06. The van der Waals surface area contributed by atoms with E-state index in [-0.39, 0.29) is 13.2 Å². The van der Waals surface area contributed by atoms with Crippen LogP contribution in [0.3, 0.4) is 0 Å². The molecule has 0 heterocycles. The Hall–Kier alpha value is 0.0395. The fourth-order valence-corrected chi connectivity index (χ4v) is 2.55. The minimum atomic E-state index is -4.48. The van der Waals surface area contributed by atoms with E-state index in [4.69, 9.17) is 7.64 Å². The summed E-state index contributed by atoms with van der Waals surface area (Å²) in [5.74, 6) is 0. The maximum absolute atomic E-state index is 11.2. The van der Waals surface area contributed by atoms with E-state index < -0.39 is 13.4 Å². The summed E-state index contributed by atoms with van der Waals surface area (Å²) < 4.78 is 31.8. The van der Waals surface area contributed by atoms with Crippen LogP contribution in [-0.4, -0.2) is 26.6 Å². The Morgan fingerprint density at radius 3 is 1.53 bits per heavy atom. The van der Waals surface area contributed by atoms with Crippen LogP contribution in [0.4, 0.5) is 0 Å². The van der Waals surface area contributed by atoms with Crippen LogP contribution in [0.25, 0.3) is 0 Å². The topological polar surface area (TPSA) is 52.6 Å². The van der Waals surface area contributed by atoms with E-state index in [0.29, 0.717) is 0 Å². The molecule has 0 unspecified atom stereocenters. The molecule has 0 aromatic heterocycles. The Morgan fingerprint density at radius 2 is 1.20 bits per heavy atom. The van der Waals surface area contributed by atoms with E-state index in [2.05, 4.69) is 13.8 Å². The van der Waals surface area contributed by atoms with Gasteiger partial charge in [0.05, 0.1) is 0 Å². The molecule has 0 rings (SSSR count). The van der Waals surface area contributed by atoms with Crippen molar-refractivity contribution in [2.24, 2.45) is 0 Å². The Kier molecular flexibility index (Phi) is 9.30. The van der Waals surface area contributed by atoms with Crippen molar-refractivity contribution in [1.82, 2.24) is 0 Å². The second kappa shape index (κ2) is 9.28. The first-order valence-corrected chi connectivity index (χ1v) is 8.46. The zero-order valence-corrected chi connectivity index (χ0v) is 11.4. The summed E-state index contributed by atoms with van der Waals surface area (Å²) in [7, 11) is 0. The average molecular weight is 285 g/mol. The first kappa shape index (κ1) is 15.0. The number of rotatable bonds is 10. The summed E-state index contributed by atoms with van der Waals surface area (Å²) in [4.78, 5) is 0. The van der Waals surface area contributed by atoms with Crippen LogP contribution in [0.1, 0.15) is 52.4 Å². The third kappa shape index (κ3) is 10.3. The molecule has 0 amide bonds. The zero-order chi connectivity index (χ0) is 11.6. The van der Waals surface area contributed by atoms with Gasteiger partial charge in [-0.1, -0.05) is 0 Å². The van der Waals surface area contributed by atoms with Crippen LogP contribution in [-0.2, 0) is 15.3 Å². The molecule has 15 heavy (non-hydrogen) atoms. The van der Waals surface area contributed by atoms with Crippen LogP contribution in [0.15, 0.2) is 0 Å². The van der Waals surface area contributed by atoms with Crippen LogP contribution < -0.4 is 0 Å². The predicted molar refractivity (Wildman–Crippen MR) is 58.1 cm³/mol. The van der Waals surface area contributed by atoms with E-state index in [1.54, 1.807) is 0 Å². The van der Waals surface area contributed by atoms with Gasteiger partial charge in [0.2, 0.25) is 0 Å². The monoisotopic (exact) mass is 286 g/mol. The van der Waals surface area contributed by atoms with Crippen LogP contribution in [0.2, 0.25) is 0 Å². The molecule has 5 heteroatoms. The third-order valence-electron chi connectivity index (χ3n) is 1.95. The molecule has 0 atom stereocenters. The maximum atomic E-state index is 11.2. The van der Waals surface area contributed by atoms with E-state index >= 15 is 0 Å². The molecule has 0 aliphatic rings. The van der Waals surface area contributed by atoms with E-state index in [1.165, 1.54) is 0 Å². The standard InChI is InChI=1S/C10H22O4Se/c1-3-5-7-9-13-15(11,12)14-10-8-6-4-2/h3-10H2,1-2H3. The van der Waals surface area contributed by atoms with Gasteiger partial charge in [-0.05, 0) is 0 Å². The van der Waals surface area contributed by atoms with Crippen molar-refractivity contribution in [2.45, 2.75) is 52.4 Å². The summed E-state index contributed by atoms with van der Waals surface area (Å²) >= 11 is -4.48. The van der Waals surface area contributed by atoms with Gasteiger partial charge in [-0.3, -0.25) is 0 Å². The second-order valence-corrected chi connectivity index (χ2v) is 6.17. The van der Waals surface area contributed by atoms with Crippen molar-refractivity contribution in [3.63, 3.8) is 0 Å². The molecule has 4 nitrogen and oxygen atoms in total. The number of hydrogen-bond donors (Lipinski definition) is 0. The van der Waals surface area contributed by atoms with Gasteiger partial charge in [-0.15, -0.1) is 0 Å². The normalized spacial score (nSPS) is 11.9. The summed E-state index contributed by atoms with van der Waals surface area (Å²) in [5.41, 5.74) is 0. The zero-order valence-electron chi connectivity index (χ0n) is 9.70. The average Bonchev–Trinajstić information content (AvgIpc) is 2.20. The predicted octanol–water partition coefficient (Wildman–Crippen LogP) is 2.70. The second-order valence-electron chi connectivity index (χ2n) is 3.47. The van der Waals surface area contributed by atoms with Crippen LogP contribution in [0, 0.1) is 0 Å². The van der Waals surface area contributed by atoms with E-state index in [1.807, 2.05) is 0 Å². The van der Waals surface area contributed by atoms with Crippen molar-refractivity contribution < 1.29 is 15.3 Å². The fraction of sp³-hybridized carbons (Fsp3) is 1.00. The number of unbranched alkanes of at least 4 members (excludes halogenated alkanes) is 4. The molecule has 0 saturated carbocycles. The summed E-state index contributed by atoms with van der Waals surface area (Å²) in [6, 6.07) is 0. The molecule has 0 radical (unpaired) electrons. The van der Waals surface area contributed by atoms with E-state index in [9.17, 15) is 7.67 Å². The molecule has 0 N–H and O–H groups in total. The van der Waals surface area contributed by atoms with Gasteiger partial charge < -0.3 is 0 Å². The molecular formula is C10H22O4Se. The first-order valence-electron chi connectivity index (χ1n) is 5.66. The van der Waals surface area contributed by atoms with Crippen molar-refractivity contribution >= 4 is 13.4 Å². The van der Waals surface area contributed by atoms with Crippen molar-refractivity contribution in [2.75, 3.05) is 13.2 Å². The van der Waals surface area contributed by atoms with E-state index in [0.717, 1.165) is 38.5 Å². The van der Waals surface area contributed by atoms with Crippen LogP contribution >= 0.6 is 0 Å². The molecule has 0 saturated heterocycles. The van der Waals surface area contributed by atoms with Gasteiger partial charge in [-0.25, -0.2) is 0 Å². The van der Waals surface area contributed by atoms with Crippen molar-refractivity contribution in [3.05, 3.63) is 0 Å². The Balaban J connectivity index is 3.50. The summed E-state index contributed by atoms with van der Waals surface area (Å²) in [5, 5.41) is 0. The summed E-state index contributed by atoms with van der Waals surface area (Å²) in [6.45, 7) is 4.63. The van der Waals surface area contributed by atoms with Gasteiger partial charge in [0.25, 0.3) is 0 Å². The molecule has 0 aromatic rings. The molecule has 0 aliphatic heterocycles. The SMILES string of the molecule is CCCCCO[Se](=O)(=O)OCCCCC. The third-order valence-corrected chi connectivity index (χ3v) is 3.86. The first-order chi connectivity index (χ1) is 7.12. The van der Waals surface area contributed by atoms with Crippen molar-refractivity contribution in [1.29, 1.82) is 0 Å². The molecule has 0 bridgehead atoms. The summed E-state index contributed by atoms with van der Waals surface area (Å²) in [6.07, 6.45) is 5.63. The molecule has 0 aromatic carbocycles. The minimum absolute atomic E-state index is 0.259. The number of hydrogen-bond acceptors (Lipinski definition) is 4.